The molecule has 0 aromatic carbocycles. The molecule has 0 aliphatic heterocycles. The summed E-state index contributed by atoms with van der Waals surface area (Å²) in [7, 11) is 0. The first-order chi connectivity index (χ1) is 7.83. The van der Waals surface area contributed by atoms with Gasteiger partial charge in [-0.05, 0) is 33.6 Å². The zero-order valence-electron chi connectivity index (χ0n) is 10.9. The van der Waals surface area contributed by atoms with Gasteiger partial charge in [0.2, 0.25) is 11.8 Å². The van der Waals surface area contributed by atoms with Gasteiger partial charge in [-0.15, -0.1) is 0 Å². The molecule has 0 aromatic heterocycles. The van der Waals surface area contributed by atoms with E-state index in [9.17, 15) is 9.59 Å². The third kappa shape index (κ3) is 4.00. The van der Waals surface area contributed by atoms with Crippen molar-refractivity contribution in [3.05, 3.63) is 0 Å². The van der Waals surface area contributed by atoms with E-state index in [-0.39, 0.29) is 5.91 Å². The molecule has 0 saturated heterocycles. The largest absolute Gasteiger partial charge is 0.368 e. The normalized spacial score (nSPS) is 19.0. The highest BCUT2D eigenvalue weighted by molar-refractivity contribution is 5.86. The molecule has 2 amide bonds. The van der Waals surface area contributed by atoms with Crippen molar-refractivity contribution in [2.75, 3.05) is 0 Å². The Morgan fingerprint density at radius 3 is 2.29 bits per heavy atom. The van der Waals surface area contributed by atoms with Crippen molar-refractivity contribution in [1.29, 1.82) is 0 Å². The van der Waals surface area contributed by atoms with Crippen LogP contribution in [0, 0.1) is 0 Å². The summed E-state index contributed by atoms with van der Waals surface area (Å²) in [4.78, 5) is 23.0. The minimum Gasteiger partial charge on any atom is -0.368 e. The van der Waals surface area contributed by atoms with Gasteiger partial charge in [0.1, 0.15) is 0 Å². The van der Waals surface area contributed by atoms with Crippen LogP contribution in [0.2, 0.25) is 0 Å². The summed E-state index contributed by atoms with van der Waals surface area (Å²) in [5, 5.41) is 5.93. The van der Waals surface area contributed by atoms with E-state index in [1.807, 2.05) is 0 Å². The Morgan fingerprint density at radius 1 is 1.29 bits per heavy atom. The number of rotatable bonds is 5. The Hall–Kier alpha value is -1.10. The van der Waals surface area contributed by atoms with Gasteiger partial charge in [0.05, 0.1) is 11.6 Å². The van der Waals surface area contributed by atoms with E-state index < -0.39 is 17.5 Å². The topological polar surface area (TPSA) is 84.2 Å². The van der Waals surface area contributed by atoms with Gasteiger partial charge >= 0.3 is 0 Å². The van der Waals surface area contributed by atoms with Crippen molar-refractivity contribution in [3.63, 3.8) is 0 Å². The molecule has 0 heterocycles. The molecule has 1 atom stereocenters. The summed E-state index contributed by atoms with van der Waals surface area (Å²) in [5.74, 6) is -0.524. The van der Waals surface area contributed by atoms with E-state index in [0.29, 0.717) is 6.04 Å². The fourth-order valence-electron chi connectivity index (χ4n) is 2.07. The Labute approximate surface area is 103 Å². The molecule has 1 aliphatic carbocycles. The summed E-state index contributed by atoms with van der Waals surface area (Å²) in [5.41, 5.74) is 4.38. The molecule has 0 radical (unpaired) electrons. The third-order valence-electron chi connectivity index (χ3n) is 3.29. The van der Waals surface area contributed by atoms with Gasteiger partial charge in [-0.1, -0.05) is 12.8 Å². The maximum atomic E-state index is 11.9. The predicted octanol–water partition coefficient (Wildman–Crippen LogP) is 0.287. The van der Waals surface area contributed by atoms with Crippen LogP contribution < -0.4 is 16.4 Å². The van der Waals surface area contributed by atoms with Crippen LogP contribution in [0.15, 0.2) is 0 Å². The van der Waals surface area contributed by atoms with E-state index in [2.05, 4.69) is 10.6 Å². The molecule has 0 aromatic rings. The lowest BCUT2D eigenvalue weighted by molar-refractivity contribution is -0.126. The van der Waals surface area contributed by atoms with Crippen molar-refractivity contribution < 1.29 is 9.59 Å². The molecule has 1 saturated carbocycles. The van der Waals surface area contributed by atoms with Gasteiger partial charge < -0.3 is 11.1 Å². The highest BCUT2D eigenvalue weighted by Crippen LogP contribution is 2.17. The van der Waals surface area contributed by atoms with Crippen LogP contribution in [0.1, 0.15) is 46.5 Å². The van der Waals surface area contributed by atoms with Gasteiger partial charge in [-0.2, -0.15) is 0 Å². The van der Waals surface area contributed by atoms with Crippen LogP contribution in [0.25, 0.3) is 0 Å². The van der Waals surface area contributed by atoms with Crippen LogP contribution in [0.3, 0.4) is 0 Å². The highest BCUT2D eigenvalue weighted by Gasteiger charge is 2.29. The minimum atomic E-state index is -0.869. The van der Waals surface area contributed by atoms with Gasteiger partial charge in [-0.25, -0.2) is 0 Å². The third-order valence-corrected chi connectivity index (χ3v) is 3.29. The standard InChI is InChI=1S/C12H23N3O2/c1-8(15-12(2,3)11(13)17)10(16)14-9-6-4-5-7-9/h8-9,15H,4-7H2,1-3H3,(H2,13,17)(H,14,16). The van der Waals surface area contributed by atoms with E-state index in [0.717, 1.165) is 12.8 Å². The molecule has 4 N–H and O–H groups in total. The number of hydrogen-bond donors (Lipinski definition) is 3. The van der Waals surface area contributed by atoms with E-state index in [1.165, 1.54) is 12.8 Å². The van der Waals surface area contributed by atoms with Gasteiger partial charge in [0.25, 0.3) is 0 Å². The number of primary amides is 1. The Morgan fingerprint density at radius 2 is 1.82 bits per heavy atom. The zero-order chi connectivity index (χ0) is 13.1. The Bertz CT molecular complexity index is 296. The van der Waals surface area contributed by atoms with Crippen molar-refractivity contribution >= 4 is 11.8 Å². The summed E-state index contributed by atoms with van der Waals surface area (Å²) >= 11 is 0. The van der Waals surface area contributed by atoms with E-state index in [1.54, 1.807) is 20.8 Å². The molecule has 17 heavy (non-hydrogen) atoms. The van der Waals surface area contributed by atoms with Crippen molar-refractivity contribution in [1.82, 2.24) is 10.6 Å². The van der Waals surface area contributed by atoms with Gasteiger partial charge in [-0.3, -0.25) is 14.9 Å². The smallest absolute Gasteiger partial charge is 0.237 e. The number of amides is 2. The fourth-order valence-corrected chi connectivity index (χ4v) is 2.07. The first-order valence-corrected chi connectivity index (χ1v) is 6.21. The highest BCUT2D eigenvalue weighted by atomic mass is 16.2. The molecule has 1 unspecified atom stereocenters. The lowest BCUT2D eigenvalue weighted by atomic mass is 10.0. The molecule has 5 heteroatoms. The molecule has 98 valence electrons. The van der Waals surface area contributed by atoms with Crippen LogP contribution in [0.5, 0.6) is 0 Å². The second kappa shape index (κ2) is 5.49. The number of nitrogens with two attached hydrogens (primary N) is 1. The van der Waals surface area contributed by atoms with E-state index in [4.69, 9.17) is 5.73 Å². The molecular weight excluding hydrogens is 218 g/mol. The monoisotopic (exact) mass is 241 g/mol. The molecular formula is C12H23N3O2. The second-order valence-electron chi connectivity index (χ2n) is 5.35. The van der Waals surface area contributed by atoms with Gasteiger partial charge in [0.15, 0.2) is 0 Å². The number of nitrogens with one attached hydrogen (secondary N) is 2. The SMILES string of the molecule is CC(NC(C)(C)C(N)=O)C(=O)NC1CCCC1. The first-order valence-electron chi connectivity index (χ1n) is 6.21. The van der Waals surface area contributed by atoms with E-state index >= 15 is 0 Å². The average molecular weight is 241 g/mol. The maximum Gasteiger partial charge on any atom is 0.237 e. The van der Waals surface area contributed by atoms with Crippen LogP contribution in [-0.2, 0) is 9.59 Å². The minimum absolute atomic E-state index is 0.0637. The van der Waals surface area contributed by atoms with Crippen LogP contribution >= 0.6 is 0 Å². The van der Waals surface area contributed by atoms with Crippen LogP contribution in [-0.4, -0.2) is 29.4 Å². The van der Waals surface area contributed by atoms with Crippen molar-refractivity contribution in [3.8, 4) is 0 Å². The molecule has 5 nitrogen and oxygen atoms in total. The Balaban J connectivity index is 2.43. The average Bonchev–Trinajstić information content (AvgIpc) is 2.69. The first kappa shape index (κ1) is 14.0. The quantitative estimate of drug-likeness (QED) is 0.646. The second-order valence-corrected chi connectivity index (χ2v) is 5.35. The summed E-state index contributed by atoms with van der Waals surface area (Å²) < 4.78 is 0. The van der Waals surface area contributed by atoms with Crippen molar-refractivity contribution in [2.45, 2.75) is 64.1 Å². The lowest BCUT2D eigenvalue weighted by Crippen LogP contribution is -2.58. The molecule has 1 rings (SSSR count). The maximum absolute atomic E-state index is 11.9. The number of hydrogen-bond acceptors (Lipinski definition) is 3. The Kier molecular flexibility index (Phi) is 4.51. The van der Waals surface area contributed by atoms with Crippen molar-refractivity contribution in [2.24, 2.45) is 5.73 Å². The summed E-state index contributed by atoms with van der Waals surface area (Å²) in [6, 6.07) is -0.124. The number of carbonyl (C=O) groups is 2. The summed E-state index contributed by atoms with van der Waals surface area (Å²) in [6.07, 6.45) is 4.47. The van der Waals surface area contributed by atoms with Gasteiger partial charge in [0, 0.05) is 6.04 Å². The predicted molar refractivity (Wildman–Crippen MR) is 66.3 cm³/mol. The lowest BCUT2D eigenvalue weighted by Gasteiger charge is -2.27. The van der Waals surface area contributed by atoms with Crippen LogP contribution in [0.4, 0.5) is 0 Å². The molecule has 0 spiro atoms. The molecule has 1 aliphatic rings. The fraction of sp³-hybridized carbons (Fsp3) is 0.833. The molecule has 0 bridgehead atoms. The summed E-state index contributed by atoms with van der Waals surface area (Å²) in [6.45, 7) is 5.10. The molecule has 1 fully saturated rings. The zero-order valence-corrected chi connectivity index (χ0v) is 10.9. The number of carbonyl (C=O) groups excluding carboxylic acids is 2.